The van der Waals surface area contributed by atoms with E-state index < -0.39 is 24.1 Å². The number of carbonyl (C=O) groups excluding carboxylic acids is 1. The van der Waals surface area contributed by atoms with E-state index in [9.17, 15) is 23.1 Å². The lowest BCUT2D eigenvalue weighted by molar-refractivity contribution is -0.151. The van der Waals surface area contributed by atoms with Crippen LogP contribution in [0.4, 0.5) is 13.2 Å². The Kier molecular flexibility index (Phi) is 6.17. The topological polar surface area (TPSA) is 43.8 Å². The Bertz CT molecular complexity index is 494. The van der Waals surface area contributed by atoms with Crippen LogP contribution in [0, 0.1) is 11.3 Å². The fourth-order valence-corrected chi connectivity index (χ4v) is 5.07. The Hall–Kier alpha value is -0.820. The van der Waals surface area contributed by atoms with Crippen LogP contribution in [0.3, 0.4) is 0 Å². The van der Waals surface area contributed by atoms with Gasteiger partial charge < -0.3 is 14.9 Å². The Labute approximate surface area is 153 Å². The monoisotopic (exact) mass is 376 g/mol. The second kappa shape index (κ2) is 8.05. The molecule has 1 N–H and O–H groups in total. The molecule has 0 aromatic heterocycles. The molecule has 1 aliphatic carbocycles. The minimum absolute atomic E-state index is 0.0193. The van der Waals surface area contributed by atoms with Gasteiger partial charge in [-0.2, -0.15) is 13.2 Å². The molecular formula is C19H31F3N2O2. The number of amides is 1. The third-order valence-electron chi connectivity index (χ3n) is 6.55. The van der Waals surface area contributed by atoms with E-state index in [0.717, 1.165) is 38.5 Å². The fraction of sp³-hybridized carbons (Fsp3) is 0.947. The van der Waals surface area contributed by atoms with Crippen LogP contribution in [-0.2, 0) is 4.79 Å². The number of nitrogens with zero attached hydrogens (tertiary/aromatic N) is 2. The van der Waals surface area contributed by atoms with E-state index in [1.165, 1.54) is 6.42 Å². The molecule has 3 rings (SSSR count). The van der Waals surface area contributed by atoms with Gasteiger partial charge in [-0.15, -0.1) is 0 Å². The van der Waals surface area contributed by atoms with Crippen LogP contribution >= 0.6 is 0 Å². The van der Waals surface area contributed by atoms with Crippen LogP contribution in [0.25, 0.3) is 0 Å². The molecule has 2 aliphatic heterocycles. The maximum absolute atomic E-state index is 12.9. The summed E-state index contributed by atoms with van der Waals surface area (Å²) < 4.78 is 37.7. The van der Waals surface area contributed by atoms with Gasteiger partial charge in [0.25, 0.3) is 0 Å². The number of alkyl halides is 3. The van der Waals surface area contributed by atoms with Crippen LogP contribution in [0.1, 0.15) is 57.8 Å². The van der Waals surface area contributed by atoms with Gasteiger partial charge in [0.05, 0.1) is 12.5 Å². The molecule has 2 saturated heterocycles. The Balaban J connectivity index is 1.63. The molecule has 1 amide bonds. The molecule has 3 aliphatic rings. The van der Waals surface area contributed by atoms with Crippen molar-refractivity contribution in [3.05, 3.63) is 0 Å². The number of likely N-dealkylation sites (tertiary alicyclic amines) is 2. The van der Waals surface area contributed by atoms with E-state index in [1.807, 2.05) is 9.80 Å². The van der Waals surface area contributed by atoms with E-state index in [-0.39, 0.29) is 18.4 Å². The molecule has 0 radical (unpaired) electrons. The first-order valence-corrected chi connectivity index (χ1v) is 10.1. The highest BCUT2D eigenvalue weighted by molar-refractivity contribution is 5.79. The van der Waals surface area contributed by atoms with Crippen LogP contribution in [0.15, 0.2) is 0 Å². The SMILES string of the molecule is O=C(C1CCCCC1)N1CCC[C@@]2(CN(CCC(F)(F)F)CC[C@H]2O)C1. The first-order chi connectivity index (χ1) is 12.3. The average molecular weight is 376 g/mol. The van der Waals surface area contributed by atoms with Crippen molar-refractivity contribution in [1.82, 2.24) is 9.80 Å². The normalized spacial score (nSPS) is 32.2. The van der Waals surface area contributed by atoms with E-state index >= 15 is 0 Å². The average Bonchev–Trinajstić information content (AvgIpc) is 2.62. The predicted molar refractivity (Wildman–Crippen MR) is 92.6 cm³/mol. The molecule has 26 heavy (non-hydrogen) atoms. The summed E-state index contributed by atoms with van der Waals surface area (Å²) in [5, 5.41) is 10.7. The van der Waals surface area contributed by atoms with Crippen LogP contribution < -0.4 is 0 Å². The number of hydrogen-bond donors (Lipinski definition) is 1. The van der Waals surface area contributed by atoms with E-state index in [4.69, 9.17) is 0 Å². The number of piperidine rings is 2. The number of aliphatic hydroxyl groups is 1. The van der Waals surface area contributed by atoms with Gasteiger partial charge in [-0.1, -0.05) is 19.3 Å². The molecule has 1 saturated carbocycles. The maximum atomic E-state index is 12.9. The molecule has 150 valence electrons. The number of halogens is 3. The highest BCUT2D eigenvalue weighted by Crippen LogP contribution is 2.40. The highest BCUT2D eigenvalue weighted by Gasteiger charge is 2.47. The van der Waals surface area contributed by atoms with Crippen molar-refractivity contribution >= 4 is 5.91 Å². The zero-order valence-corrected chi connectivity index (χ0v) is 15.4. The van der Waals surface area contributed by atoms with Gasteiger partial charge in [0, 0.05) is 44.1 Å². The van der Waals surface area contributed by atoms with E-state index in [0.29, 0.717) is 32.6 Å². The van der Waals surface area contributed by atoms with E-state index in [2.05, 4.69) is 0 Å². The third kappa shape index (κ3) is 4.71. The van der Waals surface area contributed by atoms with Gasteiger partial charge in [0.1, 0.15) is 0 Å². The van der Waals surface area contributed by atoms with Gasteiger partial charge in [-0.05, 0) is 32.1 Å². The van der Waals surface area contributed by atoms with Gasteiger partial charge in [0.15, 0.2) is 0 Å². The first kappa shape index (κ1) is 19.9. The summed E-state index contributed by atoms with van der Waals surface area (Å²) in [5.41, 5.74) is -0.466. The molecule has 2 atom stereocenters. The summed E-state index contributed by atoms with van der Waals surface area (Å²) in [6.07, 6.45) is 1.88. The van der Waals surface area contributed by atoms with Gasteiger partial charge in [-0.3, -0.25) is 4.79 Å². The minimum Gasteiger partial charge on any atom is -0.392 e. The largest absolute Gasteiger partial charge is 0.392 e. The number of carbonyl (C=O) groups is 1. The number of rotatable bonds is 3. The van der Waals surface area contributed by atoms with Gasteiger partial charge in [0.2, 0.25) is 5.91 Å². The Morgan fingerprint density at radius 3 is 2.46 bits per heavy atom. The number of hydrogen-bond acceptors (Lipinski definition) is 3. The lowest BCUT2D eigenvalue weighted by Crippen LogP contribution is -2.60. The summed E-state index contributed by atoms with van der Waals surface area (Å²) in [6, 6.07) is 0. The Morgan fingerprint density at radius 2 is 1.77 bits per heavy atom. The second-order valence-electron chi connectivity index (χ2n) is 8.51. The zero-order chi connectivity index (χ0) is 18.8. The van der Waals surface area contributed by atoms with Gasteiger partial charge in [-0.25, -0.2) is 0 Å². The highest BCUT2D eigenvalue weighted by atomic mass is 19.4. The second-order valence-corrected chi connectivity index (χ2v) is 8.51. The molecule has 7 heteroatoms. The van der Waals surface area contributed by atoms with Crippen molar-refractivity contribution in [3.63, 3.8) is 0 Å². The lowest BCUT2D eigenvalue weighted by Gasteiger charge is -2.51. The Morgan fingerprint density at radius 1 is 1.04 bits per heavy atom. The summed E-state index contributed by atoms with van der Waals surface area (Å²) >= 11 is 0. The lowest BCUT2D eigenvalue weighted by atomic mass is 9.71. The molecule has 0 aromatic carbocycles. The molecule has 0 unspecified atom stereocenters. The molecular weight excluding hydrogens is 345 g/mol. The first-order valence-electron chi connectivity index (χ1n) is 10.1. The van der Waals surface area contributed by atoms with Crippen molar-refractivity contribution in [2.24, 2.45) is 11.3 Å². The van der Waals surface area contributed by atoms with Crippen molar-refractivity contribution in [3.8, 4) is 0 Å². The quantitative estimate of drug-likeness (QED) is 0.823. The smallest absolute Gasteiger partial charge is 0.390 e. The van der Waals surface area contributed by atoms with Crippen LogP contribution in [-0.4, -0.2) is 65.8 Å². The molecule has 1 spiro atoms. The fourth-order valence-electron chi connectivity index (χ4n) is 5.07. The number of aliphatic hydroxyl groups excluding tert-OH is 1. The molecule has 0 aromatic rings. The maximum Gasteiger partial charge on any atom is 0.390 e. The molecule has 0 bridgehead atoms. The molecule has 4 nitrogen and oxygen atoms in total. The van der Waals surface area contributed by atoms with Crippen molar-refractivity contribution in [1.29, 1.82) is 0 Å². The summed E-state index contributed by atoms with van der Waals surface area (Å²) in [6.45, 7) is 2.14. The summed E-state index contributed by atoms with van der Waals surface area (Å²) in [5.74, 6) is 0.296. The minimum atomic E-state index is -4.15. The van der Waals surface area contributed by atoms with E-state index in [1.54, 1.807) is 0 Å². The van der Waals surface area contributed by atoms with Gasteiger partial charge >= 0.3 is 6.18 Å². The summed E-state index contributed by atoms with van der Waals surface area (Å²) in [7, 11) is 0. The standard InChI is InChI=1S/C19H31F3N2O2/c20-19(21,22)9-12-23-11-7-16(25)18(13-23)8-4-10-24(14-18)17(26)15-5-2-1-3-6-15/h15-16,25H,1-14H2/t16-,18-/m1/s1. The van der Waals surface area contributed by atoms with Crippen molar-refractivity contribution in [2.75, 3.05) is 32.7 Å². The van der Waals surface area contributed by atoms with Crippen LogP contribution in [0.2, 0.25) is 0 Å². The van der Waals surface area contributed by atoms with Crippen molar-refractivity contribution < 1.29 is 23.1 Å². The zero-order valence-electron chi connectivity index (χ0n) is 15.4. The summed E-state index contributed by atoms with van der Waals surface area (Å²) in [4.78, 5) is 16.6. The predicted octanol–water partition coefficient (Wildman–Crippen LogP) is 3.19. The van der Waals surface area contributed by atoms with Crippen molar-refractivity contribution in [2.45, 2.75) is 70.1 Å². The molecule has 2 heterocycles. The van der Waals surface area contributed by atoms with Crippen LogP contribution in [0.5, 0.6) is 0 Å². The third-order valence-corrected chi connectivity index (χ3v) is 6.55. The molecule has 3 fully saturated rings.